The van der Waals surface area contributed by atoms with Gasteiger partial charge in [0, 0.05) is 17.1 Å². The topological polar surface area (TPSA) is 3.24 Å². The number of hydrogen-bond acceptors (Lipinski definition) is 1. The fourth-order valence-corrected chi connectivity index (χ4v) is 11.9. The summed E-state index contributed by atoms with van der Waals surface area (Å²) < 4.78 is 0. The molecule has 0 amide bonds. The summed E-state index contributed by atoms with van der Waals surface area (Å²) in [5.74, 6) is 0. The molecule has 0 spiro atoms. The van der Waals surface area contributed by atoms with Crippen LogP contribution in [0.25, 0.3) is 22.3 Å². The van der Waals surface area contributed by atoms with Crippen molar-refractivity contribution in [2.45, 2.75) is 96.3 Å². The summed E-state index contributed by atoms with van der Waals surface area (Å²) in [6, 6.07) is 81.6. The lowest BCUT2D eigenvalue weighted by molar-refractivity contribution is 0.588. The number of fused-ring (bicyclic) bond motifs is 6. The average molecular weight is 908 g/mol. The summed E-state index contributed by atoms with van der Waals surface area (Å²) in [6.45, 7) is 22.9. The minimum atomic E-state index is -0.574. The second kappa shape index (κ2) is 16.5. The van der Waals surface area contributed by atoms with E-state index in [1.165, 1.54) is 89.0 Å². The van der Waals surface area contributed by atoms with Gasteiger partial charge in [0.25, 0.3) is 0 Å². The molecule has 0 saturated carbocycles. The molecule has 0 fully saturated rings. The van der Waals surface area contributed by atoms with E-state index in [4.69, 9.17) is 0 Å². The molecule has 9 aromatic rings. The largest absolute Gasteiger partial charge is 0.310 e. The molecule has 1 unspecified atom stereocenters. The third-order valence-electron chi connectivity index (χ3n) is 15.6. The Morgan fingerprint density at radius 1 is 0.286 bits per heavy atom. The van der Waals surface area contributed by atoms with E-state index >= 15 is 0 Å². The smallest absolute Gasteiger partial charge is 0.0714 e. The van der Waals surface area contributed by atoms with Crippen LogP contribution in [0.5, 0.6) is 0 Å². The van der Waals surface area contributed by atoms with Gasteiger partial charge in [-0.05, 0) is 143 Å². The molecular formula is C69H65N. The lowest BCUT2D eigenvalue weighted by Gasteiger charge is -2.36. The highest BCUT2D eigenvalue weighted by Crippen LogP contribution is 2.60. The lowest BCUT2D eigenvalue weighted by Crippen LogP contribution is -2.29. The Morgan fingerprint density at radius 2 is 0.600 bits per heavy atom. The molecule has 70 heavy (non-hydrogen) atoms. The zero-order valence-corrected chi connectivity index (χ0v) is 42.7. The maximum absolute atomic E-state index is 2.52. The van der Waals surface area contributed by atoms with Gasteiger partial charge in [-0.1, -0.05) is 244 Å². The Kier molecular flexibility index (Phi) is 10.6. The Balaban J connectivity index is 1.18. The van der Waals surface area contributed by atoms with Crippen LogP contribution in [0, 0.1) is 6.92 Å². The van der Waals surface area contributed by atoms with Gasteiger partial charge in [0.2, 0.25) is 0 Å². The molecule has 0 saturated heterocycles. The van der Waals surface area contributed by atoms with Gasteiger partial charge >= 0.3 is 0 Å². The van der Waals surface area contributed by atoms with Gasteiger partial charge in [0.15, 0.2) is 0 Å². The summed E-state index contributed by atoms with van der Waals surface area (Å²) in [4.78, 5) is 2.50. The Hall–Kier alpha value is -7.22. The van der Waals surface area contributed by atoms with E-state index in [1.54, 1.807) is 0 Å². The van der Waals surface area contributed by atoms with Crippen molar-refractivity contribution < 1.29 is 0 Å². The quantitative estimate of drug-likeness (QED) is 0.154. The Morgan fingerprint density at radius 3 is 0.971 bits per heavy atom. The molecule has 1 heteroatoms. The molecule has 0 bridgehead atoms. The van der Waals surface area contributed by atoms with Crippen LogP contribution in [0.3, 0.4) is 0 Å². The summed E-state index contributed by atoms with van der Waals surface area (Å²) in [5.41, 5.74) is 22.9. The van der Waals surface area contributed by atoms with Crippen molar-refractivity contribution in [2.24, 2.45) is 0 Å². The minimum absolute atomic E-state index is 0.0262. The number of nitrogens with zero attached hydrogens (tertiary/aromatic N) is 1. The van der Waals surface area contributed by atoms with Crippen LogP contribution in [-0.2, 0) is 27.1 Å². The molecule has 0 aliphatic heterocycles. The van der Waals surface area contributed by atoms with Crippen LogP contribution in [-0.4, -0.2) is 0 Å². The first kappa shape index (κ1) is 45.2. The predicted molar refractivity (Wildman–Crippen MR) is 297 cm³/mol. The summed E-state index contributed by atoms with van der Waals surface area (Å²) in [7, 11) is 0. The Bertz CT molecular complexity index is 3330. The number of rotatable bonds is 7. The van der Waals surface area contributed by atoms with Gasteiger partial charge in [-0.2, -0.15) is 0 Å². The van der Waals surface area contributed by atoms with Crippen molar-refractivity contribution in [3.05, 3.63) is 279 Å². The second-order valence-electron chi connectivity index (χ2n) is 23.1. The molecule has 11 rings (SSSR count). The van der Waals surface area contributed by atoms with Gasteiger partial charge in [-0.3, -0.25) is 0 Å². The molecule has 2 aliphatic rings. The second-order valence-corrected chi connectivity index (χ2v) is 23.1. The third-order valence-corrected chi connectivity index (χ3v) is 15.6. The fourth-order valence-electron chi connectivity index (χ4n) is 11.9. The summed E-state index contributed by atoms with van der Waals surface area (Å²) in [6.07, 6.45) is 0. The molecule has 0 aromatic heterocycles. The van der Waals surface area contributed by atoms with Gasteiger partial charge < -0.3 is 4.90 Å². The van der Waals surface area contributed by atoms with E-state index < -0.39 is 10.8 Å². The maximum Gasteiger partial charge on any atom is 0.0714 e. The highest BCUT2D eigenvalue weighted by molar-refractivity contribution is 5.92. The van der Waals surface area contributed by atoms with E-state index in [9.17, 15) is 0 Å². The molecule has 9 aromatic carbocycles. The van der Waals surface area contributed by atoms with Gasteiger partial charge in [-0.15, -0.1) is 0 Å². The molecule has 0 N–H and O–H groups in total. The van der Waals surface area contributed by atoms with Gasteiger partial charge in [0.1, 0.15) is 0 Å². The molecule has 0 heterocycles. The molecule has 2 aliphatic carbocycles. The third kappa shape index (κ3) is 7.11. The van der Waals surface area contributed by atoms with Crippen molar-refractivity contribution >= 4 is 17.1 Å². The summed E-state index contributed by atoms with van der Waals surface area (Å²) in [5, 5.41) is 0. The molecular weight excluding hydrogens is 843 g/mol. The van der Waals surface area contributed by atoms with E-state index in [0.717, 1.165) is 17.1 Å². The Labute approximate surface area is 417 Å². The first-order chi connectivity index (χ1) is 33.5. The van der Waals surface area contributed by atoms with Crippen molar-refractivity contribution in [3.8, 4) is 22.3 Å². The lowest BCUT2D eigenvalue weighted by atomic mass is 9.66. The van der Waals surface area contributed by atoms with E-state index in [1.807, 2.05) is 0 Å². The highest BCUT2D eigenvalue weighted by atomic mass is 15.1. The van der Waals surface area contributed by atoms with Crippen LogP contribution in [0.1, 0.15) is 129 Å². The van der Waals surface area contributed by atoms with E-state index in [0.29, 0.717) is 0 Å². The van der Waals surface area contributed by atoms with Gasteiger partial charge in [0.05, 0.1) is 10.8 Å². The molecule has 1 nitrogen and oxygen atoms in total. The van der Waals surface area contributed by atoms with E-state index in [-0.39, 0.29) is 16.2 Å². The van der Waals surface area contributed by atoms with Crippen LogP contribution in [0.2, 0.25) is 0 Å². The SMILES string of the molecule is Cc1ccc(N(c2ccc3c(c2)C(c2ccccc2)(c2ccc(C(C)(C)C)cc2)c2ccccc2-3)c2ccc3c(c2)C(c2ccc(C(C)(C)C)cc2)(c2ccc(C(C)(C)C)cc2)c2ccccc2-3)cc1. The van der Waals surface area contributed by atoms with Crippen LogP contribution >= 0.6 is 0 Å². The van der Waals surface area contributed by atoms with Crippen molar-refractivity contribution in [3.63, 3.8) is 0 Å². The van der Waals surface area contributed by atoms with Crippen LogP contribution < -0.4 is 4.90 Å². The molecule has 0 radical (unpaired) electrons. The summed E-state index contributed by atoms with van der Waals surface area (Å²) >= 11 is 0. The maximum atomic E-state index is 2.52. The number of benzene rings is 9. The number of aryl methyl sites for hydroxylation is 1. The fraction of sp³-hybridized carbons (Fsp3) is 0.217. The standard InChI is InChI=1S/C69H65N/c1-46-24-38-54(39-25-46)70(55-40-42-59-57-20-14-16-22-61(57)68(63(59)44-55,50-18-12-11-13-19-50)51-32-26-47(27-33-51)65(2,3)4)56-41-43-60-58-21-15-17-23-62(58)69(64(60)45-56,52-34-28-48(29-35-52)66(5,6)7)53-36-30-49(31-37-53)67(8,9)10/h11-45H,1-10H3. The van der Waals surface area contributed by atoms with Crippen LogP contribution in [0.15, 0.2) is 212 Å². The first-order valence-corrected chi connectivity index (χ1v) is 25.2. The normalized spacial score (nSPS) is 15.7. The van der Waals surface area contributed by atoms with Crippen molar-refractivity contribution in [2.75, 3.05) is 4.90 Å². The molecule has 1 atom stereocenters. The average Bonchev–Trinajstić information content (AvgIpc) is 3.82. The van der Waals surface area contributed by atoms with Crippen molar-refractivity contribution in [1.82, 2.24) is 0 Å². The monoisotopic (exact) mass is 908 g/mol. The van der Waals surface area contributed by atoms with E-state index in [2.05, 4.69) is 286 Å². The zero-order chi connectivity index (χ0) is 48.8. The van der Waals surface area contributed by atoms with Crippen molar-refractivity contribution in [1.29, 1.82) is 0 Å². The first-order valence-electron chi connectivity index (χ1n) is 25.2. The number of anilines is 3. The van der Waals surface area contributed by atoms with Crippen LogP contribution in [0.4, 0.5) is 17.1 Å². The minimum Gasteiger partial charge on any atom is -0.310 e. The van der Waals surface area contributed by atoms with Gasteiger partial charge in [-0.25, -0.2) is 0 Å². The highest BCUT2D eigenvalue weighted by Gasteiger charge is 2.48. The predicted octanol–water partition coefficient (Wildman–Crippen LogP) is 18.1. The number of hydrogen-bond donors (Lipinski definition) is 0. The zero-order valence-electron chi connectivity index (χ0n) is 42.7. The molecule has 346 valence electrons.